The van der Waals surface area contributed by atoms with Crippen LogP contribution >= 0.6 is 0 Å². The molecule has 114 valence electrons. The van der Waals surface area contributed by atoms with Gasteiger partial charge in [-0.25, -0.2) is 0 Å². The minimum Gasteiger partial charge on any atom is -0.481 e. The van der Waals surface area contributed by atoms with Gasteiger partial charge in [-0.3, -0.25) is 9.59 Å². The van der Waals surface area contributed by atoms with Crippen molar-refractivity contribution in [2.24, 2.45) is 11.8 Å². The fourth-order valence-electron chi connectivity index (χ4n) is 3.75. The highest BCUT2D eigenvalue weighted by molar-refractivity contribution is 5.86. The average molecular weight is 282 g/mol. The predicted molar refractivity (Wildman–Crippen MR) is 76.4 cm³/mol. The van der Waals surface area contributed by atoms with Gasteiger partial charge >= 0.3 is 5.97 Å². The Bertz CT molecular complexity index is 364. The summed E-state index contributed by atoms with van der Waals surface area (Å²) in [6.45, 7) is 3.49. The van der Waals surface area contributed by atoms with E-state index in [-0.39, 0.29) is 17.7 Å². The lowest BCUT2D eigenvalue weighted by Gasteiger charge is -2.29. The molecule has 2 aliphatic rings. The van der Waals surface area contributed by atoms with Crippen LogP contribution in [0.1, 0.15) is 51.9 Å². The molecule has 0 bridgehead atoms. The van der Waals surface area contributed by atoms with Crippen molar-refractivity contribution in [3.63, 3.8) is 0 Å². The number of rotatable bonds is 6. The highest BCUT2D eigenvalue weighted by atomic mass is 16.4. The normalized spacial score (nSPS) is 33.2. The maximum Gasteiger partial charge on any atom is 0.306 e. The van der Waals surface area contributed by atoms with Crippen LogP contribution in [0.25, 0.3) is 0 Å². The smallest absolute Gasteiger partial charge is 0.306 e. The topological polar surface area (TPSA) is 78.4 Å². The van der Waals surface area contributed by atoms with Crippen molar-refractivity contribution in [3.8, 4) is 0 Å². The summed E-state index contributed by atoms with van der Waals surface area (Å²) < 4.78 is 0. The molecule has 3 N–H and O–H groups in total. The first-order valence-corrected chi connectivity index (χ1v) is 7.85. The average Bonchev–Trinajstić information content (AvgIpc) is 3.05. The van der Waals surface area contributed by atoms with Gasteiger partial charge in [-0.15, -0.1) is 0 Å². The van der Waals surface area contributed by atoms with Crippen LogP contribution in [0.15, 0.2) is 0 Å². The van der Waals surface area contributed by atoms with Crippen molar-refractivity contribution in [2.45, 2.75) is 57.4 Å². The largest absolute Gasteiger partial charge is 0.481 e. The molecule has 1 saturated heterocycles. The summed E-state index contributed by atoms with van der Waals surface area (Å²) in [4.78, 5) is 23.6. The second-order valence-electron chi connectivity index (χ2n) is 6.21. The van der Waals surface area contributed by atoms with E-state index in [0.29, 0.717) is 6.54 Å². The minimum atomic E-state index is -0.719. The first-order chi connectivity index (χ1) is 9.59. The summed E-state index contributed by atoms with van der Waals surface area (Å²) in [5, 5.41) is 15.5. The molecular weight excluding hydrogens is 256 g/mol. The molecule has 0 spiro atoms. The predicted octanol–water partition coefficient (Wildman–Crippen LogP) is 1.53. The van der Waals surface area contributed by atoms with Gasteiger partial charge in [0.15, 0.2) is 0 Å². The van der Waals surface area contributed by atoms with Crippen LogP contribution in [-0.2, 0) is 9.59 Å². The van der Waals surface area contributed by atoms with Crippen LogP contribution in [0.2, 0.25) is 0 Å². The third-order valence-electron chi connectivity index (χ3n) is 4.86. The van der Waals surface area contributed by atoms with Crippen LogP contribution in [0.5, 0.6) is 0 Å². The fourth-order valence-corrected chi connectivity index (χ4v) is 3.75. The Morgan fingerprint density at radius 2 is 2.15 bits per heavy atom. The summed E-state index contributed by atoms with van der Waals surface area (Å²) in [5.41, 5.74) is -0.411. The van der Waals surface area contributed by atoms with E-state index >= 15 is 0 Å². The standard InChI is InChI=1S/C15H26N2O3/c1-2-7-15(8-4-9-17-15)14(20)16-10-11-5-3-6-12(11)13(18)19/h11-12,17H,2-10H2,1H3,(H,16,20)(H,18,19). The Balaban J connectivity index is 1.89. The van der Waals surface area contributed by atoms with Gasteiger partial charge in [0.05, 0.1) is 11.5 Å². The van der Waals surface area contributed by atoms with Gasteiger partial charge in [0.25, 0.3) is 0 Å². The molecule has 1 aliphatic heterocycles. The van der Waals surface area contributed by atoms with Gasteiger partial charge in [0, 0.05) is 6.54 Å². The first kappa shape index (κ1) is 15.3. The minimum absolute atomic E-state index is 0.0629. The van der Waals surface area contributed by atoms with Crippen molar-refractivity contribution >= 4 is 11.9 Å². The first-order valence-electron chi connectivity index (χ1n) is 7.85. The molecule has 1 saturated carbocycles. The molecule has 0 aromatic rings. The van der Waals surface area contributed by atoms with Gasteiger partial charge in [0.1, 0.15) is 0 Å². The second-order valence-corrected chi connectivity index (χ2v) is 6.21. The lowest BCUT2D eigenvalue weighted by Crippen LogP contribution is -2.54. The summed E-state index contributed by atoms with van der Waals surface area (Å²) in [6, 6.07) is 0. The highest BCUT2D eigenvalue weighted by Crippen LogP contribution is 2.32. The molecule has 2 fully saturated rings. The molecule has 5 heteroatoms. The van der Waals surface area contributed by atoms with Gasteiger partial charge < -0.3 is 15.7 Å². The number of carbonyl (C=O) groups is 2. The van der Waals surface area contributed by atoms with Crippen LogP contribution in [-0.4, -0.2) is 35.6 Å². The Hall–Kier alpha value is -1.10. The van der Waals surface area contributed by atoms with Crippen LogP contribution < -0.4 is 10.6 Å². The zero-order valence-electron chi connectivity index (χ0n) is 12.3. The SMILES string of the molecule is CCCC1(C(=O)NCC2CCCC2C(=O)O)CCCN1. The van der Waals surface area contributed by atoms with E-state index in [1.807, 2.05) is 0 Å². The molecule has 2 rings (SSSR count). The summed E-state index contributed by atoms with van der Waals surface area (Å²) in [6.07, 6.45) is 6.36. The Labute approximate surface area is 120 Å². The van der Waals surface area contributed by atoms with Gasteiger partial charge in [-0.05, 0) is 44.6 Å². The number of carboxylic acids is 1. The quantitative estimate of drug-likeness (QED) is 0.690. The number of hydrogen-bond donors (Lipinski definition) is 3. The van der Waals surface area contributed by atoms with E-state index in [1.54, 1.807) is 0 Å². The number of carbonyl (C=O) groups excluding carboxylic acids is 1. The molecule has 20 heavy (non-hydrogen) atoms. The highest BCUT2D eigenvalue weighted by Gasteiger charge is 2.40. The molecule has 1 heterocycles. The molecule has 0 radical (unpaired) electrons. The van der Waals surface area contributed by atoms with Crippen molar-refractivity contribution in [2.75, 3.05) is 13.1 Å². The van der Waals surface area contributed by atoms with Crippen LogP contribution in [0.4, 0.5) is 0 Å². The number of carboxylic acid groups (broad SMARTS) is 1. The third kappa shape index (κ3) is 3.14. The van der Waals surface area contributed by atoms with Crippen molar-refractivity contribution < 1.29 is 14.7 Å². The maximum atomic E-state index is 12.5. The molecule has 0 aromatic heterocycles. The Morgan fingerprint density at radius 1 is 1.35 bits per heavy atom. The van der Waals surface area contributed by atoms with E-state index < -0.39 is 11.5 Å². The third-order valence-corrected chi connectivity index (χ3v) is 4.86. The molecule has 1 aliphatic carbocycles. The summed E-state index contributed by atoms with van der Waals surface area (Å²) >= 11 is 0. The Morgan fingerprint density at radius 3 is 2.75 bits per heavy atom. The van der Waals surface area contributed by atoms with E-state index in [1.165, 1.54) is 0 Å². The number of aliphatic carboxylic acids is 1. The van der Waals surface area contributed by atoms with Crippen LogP contribution in [0, 0.1) is 11.8 Å². The van der Waals surface area contributed by atoms with E-state index in [4.69, 9.17) is 0 Å². The van der Waals surface area contributed by atoms with Gasteiger partial charge in [0.2, 0.25) is 5.91 Å². The number of nitrogens with one attached hydrogen (secondary N) is 2. The summed E-state index contributed by atoms with van der Waals surface area (Å²) in [7, 11) is 0. The molecule has 5 nitrogen and oxygen atoms in total. The molecule has 0 aromatic carbocycles. The van der Waals surface area contributed by atoms with Gasteiger partial charge in [-0.1, -0.05) is 19.8 Å². The lowest BCUT2D eigenvalue weighted by molar-refractivity contribution is -0.143. The van der Waals surface area contributed by atoms with Crippen molar-refractivity contribution in [1.82, 2.24) is 10.6 Å². The fraction of sp³-hybridized carbons (Fsp3) is 0.867. The zero-order valence-corrected chi connectivity index (χ0v) is 12.3. The van der Waals surface area contributed by atoms with Crippen LogP contribution in [0.3, 0.4) is 0 Å². The molecule has 3 unspecified atom stereocenters. The van der Waals surface area contributed by atoms with E-state index in [2.05, 4.69) is 17.6 Å². The van der Waals surface area contributed by atoms with Crippen molar-refractivity contribution in [3.05, 3.63) is 0 Å². The monoisotopic (exact) mass is 282 g/mol. The molecule has 3 atom stereocenters. The Kier molecular flexibility index (Phi) is 5.02. The lowest BCUT2D eigenvalue weighted by atomic mass is 9.90. The second kappa shape index (κ2) is 6.57. The summed E-state index contributed by atoms with van der Waals surface area (Å²) in [5.74, 6) is -0.845. The number of hydrogen-bond acceptors (Lipinski definition) is 3. The molecule has 1 amide bonds. The van der Waals surface area contributed by atoms with Crippen molar-refractivity contribution in [1.29, 1.82) is 0 Å². The van der Waals surface area contributed by atoms with E-state index in [9.17, 15) is 14.7 Å². The van der Waals surface area contributed by atoms with Gasteiger partial charge in [-0.2, -0.15) is 0 Å². The van der Waals surface area contributed by atoms with E-state index in [0.717, 1.165) is 51.5 Å². The zero-order chi connectivity index (χ0) is 14.6. The maximum absolute atomic E-state index is 12.5. The number of amides is 1. The molecular formula is C15H26N2O3.